The zero-order valence-electron chi connectivity index (χ0n) is 12.1. The van der Waals surface area contributed by atoms with Gasteiger partial charge in [0.2, 0.25) is 5.91 Å². The van der Waals surface area contributed by atoms with Crippen LogP contribution < -0.4 is 5.32 Å². The number of amides is 1. The van der Waals surface area contributed by atoms with Gasteiger partial charge in [0, 0.05) is 26.2 Å². The third-order valence-corrected chi connectivity index (χ3v) is 4.39. The van der Waals surface area contributed by atoms with Gasteiger partial charge in [0.1, 0.15) is 11.5 Å². The van der Waals surface area contributed by atoms with Crippen LogP contribution in [0.15, 0.2) is 16.5 Å². The van der Waals surface area contributed by atoms with E-state index < -0.39 is 0 Å². The average Bonchev–Trinajstić information content (AvgIpc) is 3.06. The fourth-order valence-corrected chi connectivity index (χ4v) is 3.40. The summed E-state index contributed by atoms with van der Waals surface area (Å²) in [5, 5.41) is 2.76. The van der Waals surface area contributed by atoms with Gasteiger partial charge in [0.25, 0.3) is 0 Å². The predicted octanol–water partition coefficient (Wildman–Crippen LogP) is 1.31. The van der Waals surface area contributed by atoms with Crippen molar-refractivity contribution in [1.29, 1.82) is 0 Å². The molecule has 0 saturated carbocycles. The zero-order valence-corrected chi connectivity index (χ0v) is 12.1. The molecule has 1 amide bonds. The maximum absolute atomic E-state index is 11.9. The molecule has 2 aliphatic heterocycles. The summed E-state index contributed by atoms with van der Waals surface area (Å²) in [5.74, 6) is 2.01. The van der Waals surface area contributed by atoms with Crippen molar-refractivity contribution in [3.8, 4) is 0 Å². The molecule has 0 aromatic carbocycles. The third kappa shape index (κ3) is 2.60. The van der Waals surface area contributed by atoms with Crippen LogP contribution in [0.2, 0.25) is 0 Å². The minimum absolute atomic E-state index is 0.00964. The van der Waals surface area contributed by atoms with Gasteiger partial charge < -0.3 is 14.5 Å². The van der Waals surface area contributed by atoms with Crippen molar-refractivity contribution in [3.05, 3.63) is 23.7 Å². The number of nitrogens with one attached hydrogen (secondary N) is 1. The molecule has 1 aromatic heterocycles. The highest BCUT2D eigenvalue weighted by Gasteiger charge is 2.42. The van der Waals surface area contributed by atoms with E-state index in [1.807, 2.05) is 19.1 Å². The highest BCUT2D eigenvalue weighted by Crippen LogP contribution is 2.32. The number of piperidine rings is 1. The minimum atomic E-state index is 0.00964. The van der Waals surface area contributed by atoms with Crippen molar-refractivity contribution in [1.82, 2.24) is 10.2 Å². The van der Waals surface area contributed by atoms with Gasteiger partial charge in [-0.05, 0) is 31.9 Å². The summed E-state index contributed by atoms with van der Waals surface area (Å²) in [6.07, 6.45) is 2.06. The Balaban J connectivity index is 1.74. The maximum Gasteiger partial charge on any atom is 0.224 e. The van der Waals surface area contributed by atoms with Crippen LogP contribution in [0.3, 0.4) is 0 Å². The molecule has 5 heteroatoms. The number of rotatable bonds is 3. The van der Waals surface area contributed by atoms with E-state index in [9.17, 15) is 4.79 Å². The van der Waals surface area contributed by atoms with E-state index in [-0.39, 0.29) is 17.9 Å². The fraction of sp³-hybridized carbons (Fsp3) is 0.667. The van der Waals surface area contributed by atoms with Gasteiger partial charge in [0.05, 0.1) is 18.6 Å². The summed E-state index contributed by atoms with van der Waals surface area (Å²) >= 11 is 0. The highest BCUT2D eigenvalue weighted by molar-refractivity contribution is 5.78. The Bertz CT molecular complexity index is 485. The number of hydrogen-bond donors (Lipinski definition) is 1. The Kier molecular flexibility index (Phi) is 3.81. The predicted molar refractivity (Wildman–Crippen MR) is 74.2 cm³/mol. The summed E-state index contributed by atoms with van der Waals surface area (Å²) in [7, 11) is 1.70. The van der Waals surface area contributed by atoms with Gasteiger partial charge in [-0.25, -0.2) is 0 Å². The number of fused-ring (bicyclic) bond motifs is 1. The molecule has 20 heavy (non-hydrogen) atoms. The van der Waals surface area contributed by atoms with Crippen molar-refractivity contribution < 1.29 is 13.9 Å². The van der Waals surface area contributed by atoms with Crippen LogP contribution >= 0.6 is 0 Å². The first kappa shape index (κ1) is 13.6. The van der Waals surface area contributed by atoms with Gasteiger partial charge in [-0.1, -0.05) is 0 Å². The van der Waals surface area contributed by atoms with Crippen molar-refractivity contribution >= 4 is 5.91 Å². The van der Waals surface area contributed by atoms with Crippen LogP contribution in [-0.2, 0) is 16.1 Å². The molecule has 3 atom stereocenters. The number of ether oxygens (including phenoxy) is 1. The summed E-state index contributed by atoms with van der Waals surface area (Å²) in [4.78, 5) is 14.3. The summed E-state index contributed by atoms with van der Waals surface area (Å²) in [5.41, 5.74) is 0. The van der Waals surface area contributed by atoms with E-state index in [1.165, 1.54) is 0 Å². The Morgan fingerprint density at radius 1 is 1.50 bits per heavy atom. The Morgan fingerprint density at radius 2 is 2.35 bits per heavy atom. The fourth-order valence-electron chi connectivity index (χ4n) is 3.40. The number of carbonyl (C=O) groups is 1. The van der Waals surface area contributed by atoms with Crippen LogP contribution in [0, 0.1) is 12.8 Å². The van der Waals surface area contributed by atoms with Crippen LogP contribution in [0.5, 0.6) is 0 Å². The number of carbonyl (C=O) groups excluding carboxylic acids is 1. The lowest BCUT2D eigenvalue weighted by Gasteiger charge is -2.39. The molecule has 3 heterocycles. The van der Waals surface area contributed by atoms with Gasteiger partial charge in [0.15, 0.2) is 0 Å². The Hall–Kier alpha value is -1.33. The molecular formula is C15H22N2O3. The molecule has 0 radical (unpaired) electrons. The molecule has 0 bridgehead atoms. The first-order valence-electron chi connectivity index (χ1n) is 7.30. The summed E-state index contributed by atoms with van der Waals surface area (Å²) < 4.78 is 11.5. The molecule has 2 fully saturated rings. The number of likely N-dealkylation sites (tertiary alicyclic amines) is 1. The van der Waals surface area contributed by atoms with E-state index in [2.05, 4.69) is 10.2 Å². The molecule has 2 saturated heterocycles. The van der Waals surface area contributed by atoms with Crippen molar-refractivity contribution in [2.24, 2.45) is 5.92 Å². The van der Waals surface area contributed by atoms with Crippen LogP contribution in [0.25, 0.3) is 0 Å². The van der Waals surface area contributed by atoms with E-state index in [0.29, 0.717) is 6.04 Å². The smallest absolute Gasteiger partial charge is 0.224 e. The van der Waals surface area contributed by atoms with E-state index >= 15 is 0 Å². The van der Waals surface area contributed by atoms with Crippen molar-refractivity contribution in [3.63, 3.8) is 0 Å². The van der Waals surface area contributed by atoms with Gasteiger partial charge in [-0.2, -0.15) is 0 Å². The Labute approximate surface area is 119 Å². The second kappa shape index (κ2) is 5.58. The standard InChI is InChI=1S/C15H22N2O3/c1-10-3-4-12(20-10)9-17-8-11(15(18)16-2)7-14-13(17)5-6-19-14/h3-4,11,13-14H,5-9H2,1-2H3,(H,16,18)/t11-,13-,14-/m0/s1. The van der Waals surface area contributed by atoms with Gasteiger partial charge in [-0.3, -0.25) is 9.69 Å². The summed E-state index contributed by atoms with van der Waals surface area (Å²) in [6.45, 7) is 4.29. The van der Waals surface area contributed by atoms with Gasteiger partial charge >= 0.3 is 0 Å². The second-order valence-corrected chi connectivity index (χ2v) is 5.75. The molecule has 0 aliphatic carbocycles. The molecule has 2 aliphatic rings. The van der Waals surface area contributed by atoms with E-state index in [4.69, 9.17) is 9.15 Å². The lowest BCUT2D eigenvalue weighted by atomic mass is 9.89. The quantitative estimate of drug-likeness (QED) is 0.906. The number of furan rings is 1. The van der Waals surface area contributed by atoms with Crippen LogP contribution in [0.1, 0.15) is 24.4 Å². The van der Waals surface area contributed by atoms with E-state index in [1.54, 1.807) is 7.05 Å². The Morgan fingerprint density at radius 3 is 3.05 bits per heavy atom. The topological polar surface area (TPSA) is 54.7 Å². The lowest BCUT2D eigenvalue weighted by Crippen LogP contribution is -2.52. The van der Waals surface area contributed by atoms with Crippen LogP contribution in [-0.4, -0.2) is 43.2 Å². The lowest BCUT2D eigenvalue weighted by molar-refractivity contribution is -0.129. The molecule has 1 N–H and O–H groups in total. The van der Waals surface area contributed by atoms with Gasteiger partial charge in [-0.15, -0.1) is 0 Å². The summed E-state index contributed by atoms with van der Waals surface area (Å²) in [6, 6.07) is 4.42. The van der Waals surface area contributed by atoms with E-state index in [0.717, 1.165) is 44.1 Å². The minimum Gasteiger partial charge on any atom is -0.465 e. The molecule has 0 spiro atoms. The molecule has 5 nitrogen and oxygen atoms in total. The molecule has 110 valence electrons. The molecule has 0 unspecified atom stereocenters. The first-order chi connectivity index (χ1) is 9.67. The molecular weight excluding hydrogens is 256 g/mol. The van der Waals surface area contributed by atoms with Crippen molar-refractivity contribution in [2.75, 3.05) is 20.2 Å². The van der Waals surface area contributed by atoms with Crippen molar-refractivity contribution in [2.45, 2.75) is 38.5 Å². The normalized spacial score (nSPS) is 30.2. The number of hydrogen-bond acceptors (Lipinski definition) is 4. The highest BCUT2D eigenvalue weighted by atomic mass is 16.5. The molecule has 1 aromatic rings. The average molecular weight is 278 g/mol. The number of aryl methyl sites for hydroxylation is 1. The monoisotopic (exact) mass is 278 g/mol. The molecule has 3 rings (SSSR count). The number of nitrogens with zero attached hydrogens (tertiary/aromatic N) is 1. The first-order valence-corrected chi connectivity index (χ1v) is 7.30. The zero-order chi connectivity index (χ0) is 14.1. The SMILES string of the molecule is CNC(=O)[C@H]1C[C@@H]2OCC[C@@H]2N(Cc2ccc(C)o2)C1. The second-order valence-electron chi connectivity index (χ2n) is 5.75. The third-order valence-electron chi connectivity index (χ3n) is 4.39. The maximum atomic E-state index is 11.9. The largest absolute Gasteiger partial charge is 0.465 e. The van der Waals surface area contributed by atoms with Crippen LogP contribution in [0.4, 0.5) is 0 Å².